The molecule has 0 radical (unpaired) electrons. The van der Waals surface area contributed by atoms with E-state index in [1.807, 2.05) is 19.1 Å². The molecule has 0 spiro atoms. The van der Waals surface area contributed by atoms with Crippen molar-refractivity contribution in [2.45, 2.75) is 20.8 Å². The summed E-state index contributed by atoms with van der Waals surface area (Å²) in [5, 5.41) is 15.2. The van der Waals surface area contributed by atoms with Gasteiger partial charge in [0, 0.05) is 0 Å². The van der Waals surface area contributed by atoms with Gasteiger partial charge in [-0.15, -0.1) is 10.2 Å². The van der Waals surface area contributed by atoms with Crippen LogP contribution in [0.2, 0.25) is 0 Å². The Kier molecular flexibility index (Phi) is 6.52. The first-order valence-corrected chi connectivity index (χ1v) is 9.80. The number of anilines is 1. The molecule has 0 bridgehead atoms. The highest BCUT2D eigenvalue weighted by atomic mass is 32.1. The van der Waals surface area contributed by atoms with Crippen molar-refractivity contribution in [2.24, 2.45) is 0 Å². The van der Waals surface area contributed by atoms with E-state index in [-0.39, 0.29) is 18.1 Å². The third-order valence-corrected chi connectivity index (χ3v) is 4.53. The number of hydrogen-bond acceptors (Lipinski definition) is 9. The second-order valence-electron chi connectivity index (χ2n) is 6.13. The van der Waals surface area contributed by atoms with Gasteiger partial charge in [-0.05, 0) is 32.9 Å². The van der Waals surface area contributed by atoms with Gasteiger partial charge in [0.1, 0.15) is 5.01 Å². The lowest BCUT2D eigenvalue weighted by molar-refractivity contribution is -0.118. The minimum Gasteiger partial charge on any atom is -0.481 e. The highest BCUT2D eigenvalue weighted by Gasteiger charge is 2.21. The molecule has 11 heteroatoms. The number of benzene rings is 1. The van der Waals surface area contributed by atoms with Crippen LogP contribution in [0, 0.1) is 13.8 Å². The minimum atomic E-state index is -0.770. The van der Waals surface area contributed by atoms with Crippen LogP contribution < -0.4 is 15.6 Å². The molecule has 0 saturated heterocycles. The van der Waals surface area contributed by atoms with Crippen molar-refractivity contribution >= 4 is 28.3 Å². The third-order valence-electron chi connectivity index (χ3n) is 3.78. The van der Waals surface area contributed by atoms with E-state index in [9.17, 15) is 14.4 Å². The van der Waals surface area contributed by atoms with Gasteiger partial charge >= 0.3 is 5.97 Å². The van der Waals surface area contributed by atoms with E-state index in [1.54, 1.807) is 26.0 Å². The summed E-state index contributed by atoms with van der Waals surface area (Å²) in [6.07, 6.45) is 0. The van der Waals surface area contributed by atoms with Crippen molar-refractivity contribution in [1.82, 2.24) is 20.0 Å². The smallest absolute Gasteiger partial charge is 0.362 e. The summed E-state index contributed by atoms with van der Waals surface area (Å²) >= 11 is 1.21. The minimum absolute atomic E-state index is 0.112. The number of rotatable bonds is 7. The van der Waals surface area contributed by atoms with E-state index in [2.05, 4.69) is 20.6 Å². The molecular weight excluding hydrogens is 410 g/mol. The highest BCUT2D eigenvalue weighted by Crippen LogP contribution is 2.17. The molecule has 30 heavy (non-hydrogen) atoms. The number of carbonyl (C=O) groups is 2. The summed E-state index contributed by atoms with van der Waals surface area (Å²) in [7, 11) is 0. The molecule has 0 unspecified atom stereocenters. The van der Waals surface area contributed by atoms with E-state index in [0.717, 1.165) is 16.3 Å². The van der Waals surface area contributed by atoms with Crippen molar-refractivity contribution < 1.29 is 19.1 Å². The number of nitrogens with zero attached hydrogens (tertiary/aromatic N) is 4. The zero-order valence-electron chi connectivity index (χ0n) is 16.5. The fraction of sp³-hybridized carbons (Fsp3) is 0.263. The first kappa shape index (κ1) is 21.1. The molecule has 0 aliphatic heterocycles. The van der Waals surface area contributed by atoms with Gasteiger partial charge in [-0.3, -0.25) is 14.9 Å². The SMILES string of the molecule is CCOC(=O)c1nn(-c2ccc(C)cc2)c(=O)cc1OCC(=O)Nc1nnc(C)s1. The molecule has 0 atom stereocenters. The van der Waals surface area contributed by atoms with E-state index in [4.69, 9.17) is 9.47 Å². The van der Waals surface area contributed by atoms with Crippen LogP contribution in [0.15, 0.2) is 35.1 Å². The number of esters is 1. The molecule has 156 valence electrons. The Labute approximate surface area is 175 Å². The topological polar surface area (TPSA) is 125 Å². The Morgan fingerprint density at radius 3 is 2.53 bits per heavy atom. The summed E-state index contributed by atoms with van der Waals surface area (Å²) in [6.45, 7) is 4.96. The molecule has 2 aromatic heterocycles. The van der Waals surface area contributed by atoms with Gasteiger partial charge in [0.25, 0.3) is 11.5 Å². The van der Waals surface area contributed by atoms with E-state index < -0.39 is 24.0 Å². The predicted octanol–water partition coefficient (Wildman–Crippen LogP) is 1.90. The van der Waals surface area contributed by atoms with Crippen LogP contribution in [-0.4, -0.2) is 45.1 Å². The molecule has 0 aliphatic rings. The summed E-state index contributed by atoms with van der Waals surface area (Å²) in [5.41, 5.74) is 0.750. The zero-order valence-corrected chi connectivity index (χ0v) is 17.4. The Bertz CT molecular complexity index is 1120. The number of hydrogen-bond donors (Lipinski definition) is 1. The average molecular weight is 429 g/mol. The van der Waals surface area contributed by atoms with Crippen LogP contribution in [0.25, 0.3) is 5.69 Å². The molecule has 1 amide bonds. The van der Waals surface area contributed by atoms with Gasteiger partial charge in [-0.25, -0.2) is 4.79 Å². The number of aromatic nitrogens is 4. The Hall–Kier alpha value is -3.60. The molecule has 0 fully saturated rings. The Morgan fingerprint density at radius 2 is 1.90 bits per heavy atom. The molecule has 10 nitrogen and oxygen atoms in total. The van der Waals surface area contributed by atoms with Crippen molar-refractivity contribution in [3.05, 3.63) is 57.0 Å². The normalized spacial score (nSPS) is 10.5. The van der Waals surface area contributed by atoms with E-state index >= 15 is 0 Å². The molecule has 2 heterocycles. The van der Waals surface area contributed by atoms with Crippen molar-refractivity contribution in [3.8, 4) is 11.4 Å². The standard InChI is InChI=1S/C19H19N5O5S/c1-4-28-18(27)17-14(29-10-15(25)20-19-22-21-12(3)30-19)9-16(26)24(23-17)13-7-5-11(2)6-8-13/h5-9H,4,10H2,1-3H3,(H,20,22,25). The monoisotopic (exact) mass is 429 g/mol. The van der Waals surface area contributed by atoms with Gasteiger partial charge in [0.15, 0.2) is 12.4 Å². The fourth-order valence-corrected chi connectivity index (χ4v) is 3.02. The molecule has 0 aliphatic carbocycles. The summed E-state index contributed by atoms with van der Waals surface area (Å²) in [5.74, 6) is -1.44. The van der Waals surface area contributed by atoms with Crippen LogP contribution >= 0.6 is 11.3 Å². The quantitative estimate of drug-likeness (QED) is 0.565. The third kappa shape index (κ3) is 5.06. The van der Waals surface area contributed by atoms with E-state index in [1.165, 1.54) is 11.3 Å². The van der Waals surface area contributed by atoms with Crippen LogP contribution in [0.1, 0.15) is 28.0 Å². The second-order valence-corrected chi connectivity index (χ2v) is 7.31. The maximum Gasteiger partial charge on any atom is 0.362 e. The van der Waals surface area contributed by atoms with Crippen molar-refractivity contribution in [3.63, 3.8) is 0 Å². The first-order chi connectivity index (χ1) is 14.4. The lowest BCUT2D eigenvalue weighted by Crippen LogP contribution is -2.27. The lowest BCUT2D eigenvalue weighted by atomic mass is 10.2. The predicted molar refractivity (Wildman–Crippen MR) is 109 cm³/mol. The van der Waals surface area contributed by atoms with Crippen LogP contribution in [0.4, 0.5) is 5.13 Å². The number of nitrogens with one attached hydrogen (secondary N) is 1. The van der Waals surface area contributed by atoms with Gasteiger partial charge in [0.05, 0.1) is 18.4 Å². The largest absolute Gasteiger partial charge is 0.481 e. The number of ether oxygens (including phenoxy) is 2. The summed E-state index contributed by atoms with van der Waals surface area (Å²) in [4.78, 5) is 37.0. The number of aryl methyl sites for hydroxylation is 2. The molecular formula is C19H19N5O5S. The molecule has 0 saturated carbocycles. The molecule has 1 aromatic carbocycles. The second kappa shape index (κ2) is 9.27. The molecule has 3 rings (SSSR count). The lowest BCUT2D eigenvalue weighted by Gasteiger charge is -2.12. The van der Waals surface area contributed by atoms with Crippen LogP contribution in [-0.2, 0) is 9.53 Å². The molecule has 3 aromatic rings. The highest BCUT2D eigenvalue weighted by molar-refractivity contribution is 7.15. The van der Waals surface area contributed by atoms with Crippen molar-refractivity contribution in [1.29, 1.82) is 0 Å². The van der Waals surface area contributed by atoms with E-state index in [0.29, 0.717) is 15.8 Å². The summed E-state index contributed by atoms with van der Waals surface area (Å²) in [6, 6.07) is 8.14. The van der Waals surface area contributed by atoms with Gasteiger partial charge < -0.3 is 9.47 Å². The van der Waals surface area contributed by atoms with Crippen molar-refractivity contribution in [2.75, 3.05) is 18.5 Å². The zero-order chi connectivity index (χ0) is 21.7. The maximum atomic E-state index is 12.5. The maximum absolute atomic E-state index is 12.5. The Morgan fingerprint density at radius 1 is 1.17 bits per heavy atom. The summed E-state index contributed by atoms with van der Waals surface area (Å²) < 4.78 is 11.5. The van der Waals surface area contributed by atoms with Gasteiger partial charge in [-0.2, -0.15) is 9.78 Å². The molecule has 1 N–H and O–H groups in total. The van der Waals surface area contributed by atoms with Gasteiger partial charge in [-0.1, -0.05) is 29.0 Å². The van der Waals surface area contributed by atoms with Crippen LogP contribution in [0.5, 0.6) is 5.75 Å². The Balaban J connectivity index is 1.86. The van der Waals surface area contributed by atoms with Crippen LogP contribution in [0.3, 0.4) is 0 Å². The number of amides is 1. The average Bonchev–Trinajstić information content (AvgIpc) is 3.12. The fourth-order valence-electron chi connectivity index (χ4n) is 2.41. The van der Waals surface area contributed by atoms with Gasteiger partial charge in [0.2, 0.25) is 10.8 Å². The first-order valence-electron chi connectivity index (χ1n) is 8.98. The number of carbonyl (C=O) groups excluding carboxylic acids is 2.